The largest absolute Gasteiger partial charge is 0.474 e. The summed E-state index contributed by atoms with van der Waals surface area (Å²) in [5, 5.41) is 0.347. The van der Waals surface area contributed by atoms with Crippen molar-refractivity contribution in [1.82, 2.24) is 19.9 Å². The highest BCUT2D eigenvalue weighted by molar-refractivity contribution is 6.32. The van der Waals surface area contributed by atoms with Crippen LogP contribution in [-0.2, 0) is 0 Å². The molecule has 1 aliphatic rings. The average Bonchev–Trinajstić information content (AvgIpc) is 2.62. The molecule has 8 heteroatoms. The number of carbonyl (C=O) groups is 1. The van der Waals surface area contributed by atoms with Crippen molar-refractivity contribution in [3.05, 3.63) is 40.9 Å². The van der Waals surface area contributed by atoms with Crippen molar-refractivity contribution >= 4 is 23.3 Å². The molecule has 0 bridgehead atoms. The smallest absolute Gasteiger partial charge is 0.255 e. The summed E-state index contributed by atoms with van der Waals surface area (Å²) in [6.07, 6.45) is 3.25. The Kier molecular flexibility index (Phi) is 5.56. The molecule has 138 valence electrons. The Balaban J connectivity index is 1.64. The third-order valence-electron chi connectivity index (χ3n) is 4.05. The van der Waals surface area contributed by atoms with Crippen LogP contribution in [0.2, 0.25) is 5.02 Å². The molecule has 1 amide bonds. The summed E-state index contributed by atoms with van der Waals surface area (Å²) in [6.45, 7) is 8.33. The molecule has 1 saturated heterocycles. The zero-order chi connectivity index (χ0) is 18.7. The molecule has 3 heterocycles. The van der Waals surface area contributed by atoms with Crippen molar-refractivity contribution < 1.29 is 9.53 Å². The van der Waals surface area contributed by atoms with Gasteiger partial charge in [-0.3, -0.25) is 4.79 Å². The van der Waals surface area contributed by atoms with Gasteiger partial charge in [-0.25, -0.2) is 15.0 Å². The maximum absolute atomic E-state index is 12.7. The second-order valence-electron chi connectivity index (χ2n) is 6.42. The van der Waals surface area contributed by atoms with Gasteiger partial charge in [-0.15, -0.1) is 0 Å². The first-order chi connectivity index (χ1) is 12.4. The molecule has 0 aliphatic carbocycles. The Morgan fingerprint density at radius 3 is 2.58 bits per heavy atom. The van der Waals surface area contributed by atoms with Crippen molar-refractivity contribution in [2.45, 2.75) is 26.9 Å². The van der Waals surface area contributed by atoms with Gasteiger partial charge in [0.15, 0.2) is 0 Å². The van der Waals surface area contributed by atoms with Crippen LogP contribution in [0.15, 0.2) is 24.5 Å². The number of ether oxygens (including phenoxy) is 1. The molecule has 3 rings (SSSR count). The monoisotopic (exact) mass is 375 g/mol. The van der Waals surface area contributed by atoms with Gasteiger partial charge in [0, 0.05) is 38.6 Å². The lowest BCUT2D eigenvalue weighted by Gasteiger charge is -2.35. The van der Waals surface area contributed by atoms with E-state index in [2.05, 4.69) is 19.9 Å². The normalized spacial score (nSPS) is 14.7. The van der Waals surface area contributed by atoms with Crippen LogP contribution < -0.4 is 9.64 Å². The summed E-state index contributed by atoms with van der Waals surface area (Å²) in [6, 6.07) is 3.51. The van der Waals surface area contributed by atoms with Gasteiger partial charge >= 0.3 is 0 Å². The van der Waals surface area contributed by atoms with E-state index in [0.717, 1.165) is 24.7 Å². The van der Waals surface area contributed by atoms with Crippen LogP contribution in [0.4, 0.5) is 5.82 Å². The Hall–Kier alpha value is -2.41. The minimum atomic E-state index is -0.0750. The van der Waals surface area contributed by atoms with E-state index in [9.17, 15) is 4.79 Å². The molecular formula is C18H22ClN5O2. The Labute approximate surface area is 158 Å². The topological polar surface area (TPSA) is 71.5 Å². The lowest BCUT2D eigenvalue weighted by molar-refractivity contribution is 0.0746. The van der Waals surface area contributed by atoms with Gasteiger partial charge in [-0.05, 0) is 32.9 Å². The second-order valence-corrected chi connectivity index (χ2v) is 6.83. The highest BCUT2D eigenvalue weighted by Gasteiger charge is 2.24. The van der Waals surface area contributed by atoms with Crippen LogP contribution in [0, 0.1) is 6.92 Å². The number of piperazine rings is 1. The molecule has 1 aliphatic heterocycles. The van der Waals surface area contributed by atoms with E-state index in [1.807, 2.05) is 26.8 Å². The predicted molar refractivity (Wildman–Crippen MR) is 99.9 cm³/mol. The van der Waals surface area contributed by atoms with Crippen molar-refractivity contribution in [3.63, 3.8) is 0 Å². The third kappa shape index (κ3) is 4.22. The molecule has 0 atom stereocenters. The molecule has 0 aromatic carbocycles. The third-order valence-corrected chi connectivity index (χ3v) is 4.32. The maximum Gasteiger partial charge on any atom is 0.255 e. The fourth-order valence-electron chi connectivity index (χ4n) is 2.79. The lowest BCUT2D eigenvalue weighted by Crippen LogP contribution is -2.49. The number of anilines is 1. The molecule has 1 fully saturated rings. The number of amides is 1. The molecule has 0 unspecified atom stereocenters. The number of aryl methyl sites for hydroxylation is 1. The van der Waals surface area contributed by atoms with E-state index in [-0.39, 0.29) is 12.0 Å². The van der Waals surface area contributed by atoms with Crippen molar-refractivity contribution in [3.8, 4) is 5.88 Å². The van der Waals surface area contributed by atoms with Gasteiger partial charge in [-0.2, -0.15) is 0 Å². The first-order valence-electron chi connectivity index (χ1n) is 8.60. The molecule has 0 N–H and O–H groups in total. The fourth-order valence-corrected chi connectivity index (χ4v) is 3.00. The number of rotatable bonds is 4. The average molecular weight is 376 g/mol. The highest BCUT2D eigenvalue weighted by Crippen LogP contribution is 2.24. The standard InChI is InChI=1S/C18H22ClN5O2/c1-12(2)26-17-15(19)10-14(11-21-17)18(25)24-8-6-23(7-9-24)16-4-5-20-13(3)22-16/h4-5,10-12H,6-9H2,1-3H3. The molecule has 7 nitrogen and oxygen atoms in total. The summed E-state index contributed by atoms with van der Waals surface area (Å²) in [4.78, 5) is 29.4. The fraction of sp³-hybridized carbons (Fsp3) is 0.444. The summed E-state index contributed by atoms with van der Waals surface area (Å²) in [5.74, 6) is 1.91. The van der Waals surface area contributed by atoms with Crippen LogP contribution in [0.5, 0.6) is 5.88 Å². The van der Waals surface area contributed by atoms with E-state index in [0.29, 0.717) is 29.6 Å². The molecule has 2 aromatic heterocycles. The number of aromatic nitrogens is 3. The van der Waals surface area contributed by atoms with Crippen LogP contribution in [0.1, 0.15) is 30.0 Å². The van der Waals surface area contributed by atoms with Crippen LogP contribution in [0.3, 0.4) is 0 Å². The number of hydrogen-bond donors (Lipinski definition) is 0. The number of pyridine rings is 1. The van der Waals surface area contributed by atoms with Crippen LogP contribution in [0.25, 0.3) is 0 Å². The van der Waals surface area contributed by atoms with Gasteiger partial charge < -0.3 is 14.5 Å². The number of carbonyl (C=O) groups excluding carboxylic acids is 1. The zero-order valence-corrected chi connectivity index (χ0v) is 15.9. The number of nitrogens with zero attached hydrogens (tertiary/aromatic N) is 5. The maximum atomic E-state index is 12.7. The lowest BCUT2D eigenvalue weighted by atomic mass is 10.2. The summed E-state index contributed by atoms with van der Waals surface area (Å²) in [5.41, 5.74) is 0.470. The van der Waals surface area contributed by atoms with Gasteiger partial charge in [0.1, 0.15) is 16.7 Å². The van der Waals surface area contributed by atoms with Crippen LogP contribution >= 0.6 is 11.6 Å². The summed E-state index contributed by atoms with van der Waals surface area (Å²) < 4.78 is 5.51. The minimum absolute atomic E-state index is 0.0277. The van der Waals surface area contributed by atoms with E-state index in [1.165, 1.54) is 6.20 Å². The van der Waals surface area contributed by atoms with E-state index < -0.39 is 0 Å². The Morgan fingerprint density at radius 1 is 1.23 bits per heavy atom. The minimum Gasteiger partial charge on any atom is -0.474 e. The molecule has 0 spiro atoms. The molecule has 2 aromatic rings. The second kappa shape index (κ2) is 7.86. The Morgan fingerprint density at radius 2 is 1.96 bits per heavy atom. The van der Waals surface area contributed by atoms with Gasteiger partial charge in [-0.1, -0.05) is 11.6 Å². The predicted octanol–water partition coefficient (Wildman–Crippen LogP) is 2.58. The van der Waals surface area contributed by atoms with Crippen molar-refractivity contribution in [1.29, 1.82) is 0 Å². The molecule has 26 heavy (non-hydrogen) atoms. The quantitative estimate of drug-likeness (QED) is 0.817. The van der Waals surface area contributed by atoms with E-state index in [4.69, 9.17) is 16.3 Å². The summed E-state index contributed by atoms with van der Waals surface area (Å²) in [7, 11) is 0. The molecule has 0 radical (unpaired) electrons. The zero-order valence-electron chi connectivity index (χ0n) is 15.1. The van der Waals surface area contributed by atoms with Gasteiger partial charge in [0.05, 0.1) is 11.7 Å². The number of hydrogen-bond acceptors (Lipinski definition) is 6. The molecular weight excluding hydrogens is 354 g/mol. The first-order valence-corrected chi connectivity index (χ1v) is 8.98. The SMILES string of the molecule is Cc1nccc(N2CCN(C(=O)c3cnc(OC(C)C)c(Cl)c3)CC2)n1. The first kappa shape index (κ1) is 18.4. The highest BCUT2D eigenvalue weighted by atomic mass is 35.5. The van der Waals surface area contributed by atoms with Crippen LogP contribution in [-0.4, -0.2) is 58.0 Å². The van der Waals surface area contributed by atoms with E-state index >= 15 is 0 Å². The van der Waals surface area contributed by atoms with Crippen molar-refractivity contribution in [2.24, 2.45) is 0 Å². The van der Waals surface area contributed by atoms with Gasteiger partial charge in [0.25, 0.3) is 5.91 Å². The Bertz CT molecular complexity index is 791. The van der Waals surface area contributed by atoms with E-state index in [1.54, 1.807) is 17.2 Å². The summed E-state index contributed by atoms with van der Waals surface area (Å²) >= 11 is 6.19. The van der Waals surface area contributed by atoms with Crippen molar-refractivity contribution in [2.75, 3.05) is 31.1 Å². The molecule has 0 saturated carbocycles. The van der Waals surface area contributed by atoms with Gasteiger partial charge in [0.2, 0.25) is 5.88 Å². The number of halogens is 1.